The monoisotopic (exact) mass is 302 g/mol. The first-order valence-corrected chi connectivity index (χ1v) is 8.91. The number of β-amino-alcohol motifs (C(OH)–C–C–N with tert-alkyl or cyclic N) is 1. The zero-order chi connectivity index (χ0) is 15.4. The van der Waals surface area contributed by atoms with E-state index in [0.29, 0.717) is 12.6 Å². The Morgan fingerprint density at radius 1 is 1.14 bits per heavy atom. The highest BCUT2D eigenvalue weighted by atomic mass is 16.3. The number of benzene rings is 1. The molecule has 0 aromatic heterocycles. The number of nitrogens with one attached hydrogen (secondary N) is 1. The Labute approximate surface area is 134 Å². The van der Waals surface area contributed by atoms with Crippen LogP contribution >= 0.6 is 0 Å². The van der Waals surface area contributed by atoms with Crippen molar-refractivity contribution in [2.24, 2.45) is 11.8 Å². The van der Waals surface area contributed by atoms with E-state index in [0.717, 1.165) is 31.5 Å². The first-order valence-electron chi connectivity index (χ1n) is 8.91. The Balaban J connectivity index is 1.46. The average Bonchev–Trinajstić information content (AvgIpc) is 3.36. The Morgan fingerprint density at radius 2 is 1.82 bits per heavy atom. The van der Waals surface area contributed by atoms with Crippen LogP contribution in [-0.2, 0) is 0 Å². The second kappa shape index (κ2) is 7.58. The molecule has 0 radical (unpaired) electrons. The molecule has 2 aliphatic rings. The third-order valence-corrected chi connectivity index (χ3v) is 5.17. The second-order valence-corrected chi connectivity index (χ2v) is 7.27. The number of nitrogens with zero attached hydrogens (tertiary/aromatic N) is 1. The van der Waals surface area contributed by atoms with Gasteiger partial charge in [-0.3, -0.25) is 0 Å². The van der Waals surface area contributed by atoms with Gasteiger partial charge >= 0.3 is 0 Å². The van der Waals surface area contributed by atoms with Gasteiger partial charge in [0, 0.05) is 19.1 Å². The number of aliphatic hydroxyl groups excluding tert-OH is 1. The molecule has 1 aromatic carbocycles. The van der Waals surface area contributed by atoms with Crippen molar-refractivity contribution in [3.8, 4) is 0 Å². The summed E-state index contributed by atoms with van der Waals surface area (Å²) >= 11 is 0. The summed E-state index contributed by atoms with van der Waals surface area (Å²) in [5.74, 6) is 1.61. The first kappa shape index (κ1) is 16.0. The van der Waals surface area contributed by atoms with E-state index in [4.69, 9.17) is 0 Å². The van der Waals surface area contributed by atoms with Gasteiger partial charge in [-0.1, -0.05) is 37.3 Å². The molecule has 0 bridgehead atoms. The van der Waals surface area contributed by atoms with Crippen LogP contribution in [0.4, 0.5) is 0 Å². The lowest BCUT2D eigenvalue weighted by Crippen LogP contribution is -2.42. The number of hydrogen-bond donors (Lipinski definition) is 2. The Morgan fingerprint density at radius 3 is 2.45 bits per heavy atom. The Kier molecular flexibility index (Phi) is 5.51. The van der Waals surface area contributed by atoms with Crippen LogP contribution in [-0.4, -0.2) is 42.3 Å². The standard InChI is InChI=1S/C19H30N2O/c1-15-9-11-21(12-10-15)14-18(22)13-20-19(17-7-8-17)16-5-3-2-4-6-16/h2-6,15,17-20,22H,7-14H2,1H3. The van der Waals surface area contributed by atoms with Crippen molar-refractivity contribution >= 4 is 0 Å². The van der Waals surface area contributed by atoms with E-state index in [1.165, 1.54) is 31.2 Å². The predicted octanol–water partition coefficient (Wildman–Crippen LogP) is 2.82. The van der Waals surface area contributed by atoms with Gasteiger partial charge in [0.15, 0.2) is 0 Å². The zero-order valence-corrected chi connectivity index (χ0v) is 13.7. The Bertz CT molecular complexity index is 438. The summed E-state index contributed by atoms with van der Waals surface area (Å²) in [6.07, 6.45) is 4.90. The molecule has 1 aliphatic heterocycles. The maximum absolute atomic E-state index is 10.4. The van der Waals surface area contributed by atoms with Gasteiger partial charge in [0.2, 0.25) is 0 Å². The van der Waals surface area contributed by atoms with Gasteiger partial charge in [0.05, 0.1) is 6.10 Å². The highest BCUT2D eigenvalue weighted by Crippen LogP contribution is 2.40. The molecule has 1 saturated heterocycles. The van der Waals surface area contributed by atoms with Crippen LogP contribution < -0.4 is 5.32 Å². The van der Waals surface area contributed by atoms with Crippen molar-refractivity contribution < 1.29 is 5.11 Å². The maximum Gasteiger partial charge on any atom is 0.0791 e. The number of aliphatic hydroxyl groups is 1. The smallest absolute Gasteiger partial charge is 0.0791 e. The summed E-state index contributed by atoms with van der Waals surface area (Å²) in [7, 11) is 0. The second-order valence-electron chi connectivity index (χ2n) is 7.27. The van der Waals surface area contributed by atoms with Crippen LogP contribution in [0.3, 0.4) is 0 Å². The molecule has 2 fully saturated rings. The molecule has 3 rings (SSSR count). The lowest BCUT2D eigenvalue weighted by Gasteiger charge is -2.32. The van der Waals surface area contributed by atoms with E-state index >= 15 is 0 Å². The quantitative estimate of drug-likeness (QED) is 0.813. The molecule has 0 amide bonds. The molecule has 2 unspecified atom stereocenters. The summed E-state index contributed by atoms with van der Waals surface area (Å²) in [6.45, 7) is 6.12. The summed E-state index contributed by atoms with van der Waals surface area (Å²) in [6, 6.07) is 11.1. The van der Waals surface area contributed by atoms with Crippen LogP contribution in [0.1, 0.15) is 44.2 Å². The number of likely N-dealkylation sites (tertiary alicyclic amines) is 1. The van der Waals surface area contributed by atoms with E-state index in [1.54, 1.807) is 0 Å². The van der Waals surface area contributed by atoms with Crippen LogP contribution in [0.15, 0.2) is 30.3 Å². The SMILES string of the molecule is CC1CCN(CC(O)CNC(c2ccccc2)C2CC2)CC1. The van der Waals surface area contributed by atoms with E-state index in [9.17, 15) is 5.11 Å². The van der Waals surface area contributed by atoms with Gasteiger partial charge in [-0.05, 0) is 56.2 Å². The summed E-state index contributed by atoms with van der Waals surface area (Å²) in [5, 5.41) is 14.0. The molecule has 2 N–H and O–H groups in total. The third-order valence-electron chi connectivity index (χ3n) is 5.17. The molecule has 1 saturated carbocycles. The van der Waals surface area contributed by atoms with Crippen LogP contribution in [0.2, 0.25) is 0 Å². The minimum absolute atomic E-state index is 0.265. The van der Waals surface area contributed by atoms with Crippen LogP contribution in [0.25, 0.3) is 0 Å². The Hall–Kier alpha value is -0.900. The molecule has 22 heavy (non-hydrogen) atoms. The van der Waals surface area contributed by atoms with Crippen molar-refractivity contribution in [1.82, 2.24) is 10.2 Å². The number of hydrogen-bond acceptors (Lipinski definition) is 3. The highest BCUT2D eigenvalue weighted by molar-refractivity contribution is 5.21. The van der Waals surface area contributed by atoms with Gasteiger partial charge in [-0.25, -0.2) is 0 Å². The van der Waals surface area contributed by atoms with E-state index in [2.05, 4.69) is 47.5 Å². The van der Waals surface area contributed by atoms with Crippen LogP contribution in [0, 0.1) is 11.8 Å². The van der Waals surface area contributed by atoms with Gasteiger partial charge in [-0.15, -0.1) is 0 Å². The fraction of sp³-hybridized carbons (Fsp3) is 0.684. The minimum Gasteiger partial charge on any atom is -0.390 e. The molecule has 3 heteroatoms. The van der Waals surface area contributed by atoms with Crippen molar-refractivity contribution in [1.29, 1.82) is 0 Å². The molecule has 122 valence electrons. The lowest BCUT2D eigenvalue weighted by molar-refractivity contribution is 0.0882. The third kappa shape index (κ3) is 4.55. The molecule has 1 aromatic rings. The van der Waals surface area contributed by atoms with Crippen LogP contribution in [0.5, 0.6) is 0 Å². The van der Waals surface area contributed by atoms with Crippen molar-refractivity contribution in [3.05, 3.63) is 35.9 Å². The molecular weight excluding hydrogens is 272 g/mol. The fourth-order valence-electron chi connectivity index (χ4n) is 3.52. The summed E-state index contributed by atoms with van der Waals surface area (Å²) in [5.41, 5.74) is 1.36. The fourth-order valence-corrected chi connectivity index (χ4v) is 3.52. The highest BCUT2D eigenvalue weighted by Gasteiger charge is 2.32. The summed E-state index contributed by atoms with van der Waals surface area (Å²) < 4.78 is 0. The molecule has 1 heterocycles. The van der Waals surface area contributed by atoms with Gasteiger partial charge in [0.25, 0.3) is 0 Å². The zero-order valence-electron chi connectivity index (χ0n) is 13.7. The van der Waals surface area contributed by atoms with Gasteiger partial charge < -0.3 is 15.3 Å². The molecule has 2 atom stereocenters. The molecular formula is C19H30N2O. The molecule has 1 aliphatic carbocycles. The molecule has 0 spiro atoms. The maximum atomic E-state index is 10.4. The van der Waals surface area contributed by atoms with Gasteiger partial charge in [0.1, 0.15) is 0 Å². The van der Waals surface area contributed by atoms with E-state index in [-0.39, 0.29) is 6.10 Å². The van der Waals surface area contributed by atoms with E-state index in [1.807, 2.05) is 0 Å². The number of piperidine rings is 1. The number of rotatable bonds is 7. The lowest BCUT2D eigenvalue weighted by atomic mass is 9.99. The predicted molar refractivity (Wildman–Crippen MR) is 90.8 cm³/mol. The van der Waals surface area contributed by atoms with Crippen molar-refractivity contribution in [2.75, 3.05) is 26.2 Å². The van der Waals surface area contributed by atoms with Crippen molar-refractivity contribution in [2.45, 2.75) is 44.8 Å². The summed E-state index contributed by atoms with van der Waals surface area (Å²) in [4.78, 5) is 2.42. The largest absolute Gasteiger partial charge is 0.390 e. The minimum atomic E-state index is -0.265. The topological polar surface area (TPSA) is 35.5 Å². The molecule has 3 nitrogen and oxygen atoms in total. The van der Waals surface area contributed by atoms with Crippen molar-refractivity contribution in [3.63, 3.8) is 0 Å². The average molecular weight is 302 g/mol. The first-order chi connectivity index (χ1) is 10.7. The normalized spacial score (nSPS) is 23.4. The van der Waals surface area contributed by atoms with E-state index < -0.39 is 0 Å². The van der Waals surface area contributed by atoms with Gasteiger partial charge in [-0.2, -0.15) is 0 Å².